The number of nitrogens with zero attached hydrogens (tertiary/aromatic N) is 3. The van der Waals surface area contributed by atoms with Gasteiger partial charge in [0.15, 0.2) is 0 Å². The Morgan fingerprint density at radius 3 is 2.74 bits per heavy atom. The normalized spacial score (nSPS) is 21.0. The Kier molecular flexibility index (Phi) is 6.13. The monoisotopic (exact) mass is 336 g/mol. The number of rotatable bonds is 4. The van der Waals surface area contributed by atoms with E-state index < -0.39 is 0 Å². The number of urea groups is 1. The van der Waals surface area contributed by atoms with Crippen LogP contribution in [0, 0.1) is 0 Å². The van der Waals surface area contributed by atoms with Crippen LogP contribution in [0.4, 0.5) is 4.79 Å². The van der Waals surface area contributed by atoms with Crippen LogP contribution in [0.2, 0.25) is 0 Å². The largest absolute Gasteiger partial charge is 0.379 e. The summed E-state index contributed by atoms with van der Waals surface area (Å²) in [6, 6.07) is 6.09. The molecule has 0 bridgehead atoms. The zero-order valence-corrected chi connectivity index (χ0v) is 14.1. The summed E-state index contributed by atoms with van der Waals surface area (Å²) in [6.07, 6.45) is 1.81. The molecule has 1 N–H and O–H groups in total. The summed E-state index contributed by atoms with van der Waals surface area (Å²) in [5, 5.41) is 3.10. The van der Waals surface area contributed by atoms with Crippen LogP contribution in [0.15, 0.2) is 24.4 Å². The zero-order chi connectivity index (χ0) is 15.9. The van der Waals surface area contributed by atoms with E-state index in [0.29, 0.717) is 6.54 Å². The van der Waals surface area contributed by atoms with E-state index in [2.05, 4.69) is 15.2 Å². The minimum atomic E-state index is 0.0412. The molecule has 1 unspecified atom stereocenters. The third kappa shape index (κ3) is 4.59. The number of morpholine rings is 1. The van der Waals surface area contributed by atoms with Gasteiger partial charge in [0.1, 0.15) is 0 Å². The van der Waals surface area contributed by atoms with Crippen LogP contribution in [0.25, 0.3) is 0 Å². The molecule has 0 spiro atoms. The molecule has 2 aliphatic heterocycles. The lowest BCUT2D eigenvalue weighted by atomic mass is 10.1. The Bertz CT molecular complexity index is 490. The average Bonchev–Trinajstić information content (AvgIpc) is 2.64. The van der Waals surface area contributed by atoms with Gasteiger partial charge in [-0.1, -0.05) is 6.07 Å². The van der Waals surface area contributed by atoms with E-state index in [0.717, 1.165) is 56.6 Å². The van der Waals surface area contributed by atoms with E-state index in [1.807, 2.05) is 41.1 Å². The summed E-state index contributed by atoms with van der Waals surface area (Å²) in [5.74, 6) is 2.06. The fourth-order valence-corrected chi connectivity index (χ4v) is 3.85. The van der Waals surface area contributed by atoms with Crippen molar-refractivity contribution in [2.24, 2.45) is 0 Å². The molecule has 126 valence electrons. The van der Waals surface area contributed by atoms with Crippen molar-refractivity contribution in [3.63, 3.8) is 0 Å². The summed E-state index contributed by atoms with van der Waals surface area (Å²) >= 11 is 1.91. The number of pyridine rings is 1. The summed E-state index contributed by atoms with van der Waals surface area (Å²) in [7, 11) is 0. The molecular weight excluding hydrogens is 312 g/mol. The maximum absolute atomic E-state index is 12.4. The van der Waals surface area contributed by atoms with Crippen LogP contribution in [-0.2, 0) is 4.74 Å². The molecule has 2 aliphatic rings. The van der Waals surface area contributed by atoms with Crippen molar-refractivity contribution in [2.75, 3.05) is 57.4 Å². The molecule has 2 fully saturated rings. The quantitative estimate of drug-likeness (QED) is 0.896. The molecule has 0 aromatic carbocycles. The van der Waals surface area contributed by atoms with Gasteiger partial charge in [0.2, 0.25) is 0 Å². The number of amides is 2. The third-order valence-electron chi connectivity index (χ3n) is 4.26. The highest BCUT2D eigenvalue weighted by Crippen LogP contribution is 2.19. The van der Waals surface area contributed by atoms with Gasteiger partial charge in [0, 0.05) is 50.4 Å². The molecule has 0 saturated carbocycles. The van der Waals surface area contributed by atoms with E-state index in [1.165, 1.54) is 0 Å². The SMILES string of the molecule is O=C(NCC(c1ccccn1)N1CCOCC1)N1CCSCC1. The van der Waals surface area contributed by atoms with Crippen molar-refractivity contribution >= 4 is 17.8 Å². The van der Waals surface area contributed by atoms with Crippen LogP contribution in [0.3, 0.4) is 0 Å². The maximum Gasteiger partial charge on any atom is 0.317 e. The Hall–Kier alpha value is -1.31. The fourth-order valence-electron chi connectivity index (χ4n) is 2.95. The summed E-state index contributed by atoms with van der Waals surface area (Å²) < 4.78 is 5.45. The molecule has 1 aromatic heterocycles. The Morgan fingerprint density at radius 1 is 1.26 bits per heavy atom. The Balaban J connectivity index is 1.62. The fraction of sp³-hybridized carbons (Fsp3) is 0.625. The second-order valence-electron chi connectivity index (χ2n) is 5.70. The molecule has 1 atom stereocenters. The predicted octanol–water partition coefficient (Wildman–Crippen LogP) is 1.21. The molecule has 2 saturated heterocycles. The first kappa shape index (κ1) is 16.5. The number of hydrogen-bond acceptors (Lipinski definition) is 5. The first-order valence-corrected chi connectivity index (χ1v) is 9.33. The third-order valence-corrected chi connectivity index (χ3v) is 5.20. The Labute approximate surface area is 141 Å². The topological polar surface area (TPSA) is 57.7 Å². The number of carbonyl (C=O) groups excluding carboxylic acids is 1. The molecule has 6 nitrogen and oxygen atoms in total. The second-order valence-corrected chi connectivity index (χ2v) is 6.93. The van der Waals surface area contributed by atoms with Crippen LogP contribution in [0.5, 0.6) is 0 Å². The van der Waals surface area contributed by atoms with Crippen LogP contribution in [-0.4, -0.2) is 78.3 Å². The minimum Gasteiger partial charge on any atom is -0.379 e. The average molecular weight is 336 g/mol. The Morgan fingerprint density at radius 2 is 2.04 bits per heavy atom. The van der Waals surface area contributed by atoms with E-state index in [9.17, 15) is 4.79 Å². The molecule has 3 heterocycles. The van der Waals surface area contributed by atoms with Gasteiger partial charge >= 0.3 is 6.03 Å². The van der Waals surface area contributed by atoms with Gasteiger partial charge in [0.05, 0.1) is 24.9 Å². The van der Waals surface area contributed by atoms with E-state index in [1.54, 1.807) is 0 Å². The van der Waals surface area contributed by atoms with Gasteiger partial charge in [-0.3, -0.25) is 9.88 Å². The van der Waals surface area contributed by atoms with E-state index in [-0.39, 0.29) is 12.1 Å². The molecule has 0 aliphatic carbocycles. The van der Waals surface area contributed by atoms with Crippen molar-refractivity contribution in [2.45, 2.75) is 6.04 Å². The van der Waals surface area contributed by atoms with Gasteiger partial charge in [-0.25, -0.2) is 4.79 Å². The number of hydrogen-bond donors (Lipinski definition) is 1. The lowest BCUT2D eigenvalue weighted by Crippen LogP contribution is -2.48. The van der Waals surface area contributed by atoms with E-state index >= 15 is 0 Å². The minimum absolute atomic E-state index is 0.0412. The van der Waals surface area contributed by atoms with Crippen LogP contribution in [0.1, 0.15) is 11.7 Å². The van der Waals surface area contributed by atoms with Crippen molar-refractivity contribution in [3.05, 3.63) is 30.1 Å². The standard InChI is InChI=1S/C16H24N4O2S/c21-16(20-7-11-23-12-8-20)18-13-15(14-3-1-2-4-17-14)19-5-9-22-10-6-19/h1-4,15H,5-13H2,(H,18,21). The number of carbonyl (C=O) groups is 1. The van der Waals surface area contributed by atoms with Crippen molar-refractivity contribution < 1.29 is 9.53 Å². The molecular formula is C16H24N4O2S. The summed E-state index contributed by atoms with van der Waals surface area (Å²) in [5.41, 5.74) is 1.00. The van der Waals surface area contributed by atoms with Gasteiger partial charge in [-0.15, -0.1) is 0 Å². The second kappa shape index (κ2) is 8.52. The number of ether oxygens (including phenoxy) is 1. The first-order valence-electron chi connectivity index (χ1n) is 8.18. The first-order chi connectivity index (χ1) is 11.3. The summed E-state index contributed by atoms with van der Waals surface area (Å²) in [4.78, 5) is 21.1. The molecule has 0 radical (unpaired) electrons. The van der Waals surface area contributed by atoms with Gasteiger partial charge in [-0.2, -0.15) is 11.8 Å². The van der Waals surface area contributed by atoms with Gasteiger partial charge in [-0.05, 0) is 12.1 Å². The highest BCUT2D eigenvalue weighted by molar-refractivity contribution is 7.99. The van der Waals surface area contributed by atoms with Gasteiger partial charge < -0.3 is 15.0 Å². The number of thioether (sulfide) groups is 1. The molecule has 3 rings (SSSR count). The number of nitrogens with one attached hydrogen (secondary N) is 1. The maximum atomic E-state index is 12.4. The molecule has 23 heavy (non-hydrogen) atoms. The highest BCUT2D eigenvalue weighted by Gasteiger charge is 2.25. The van der Waals surface area contributed by atoms with Crippen LogP contribution >= 0.6 is 11.8 Å². The molecule has 2 amide bonds. The van der Waals surface area contributed by atoms with Crippen LogP contribution < -0.4 is 5.32 Å². The lowest BCUT2D eigenvalue weighted by Gasteiger charge is -2.35. The lowest BCUT2D eigenvalue weighted by molar-refractivity contribution is 0.0156. The molecule has 7 heteroatoms. The zero-order valence-electron chi connectivity index (χ0n) is 13.3. The van der Waals surface area contributed by atoms with E-state index in [4.69, 9.17) is 4.74 Å². The smallest absolute Gasteiger partial charge is 0.317 e. The van der Waals surface area contributed by atoms with Crippen molar-refractivity contribution in [1.82, 2.24) is 20.1 Å². The predicted molar refractivity (Wildman–Crippen MR) is 91.7 cm³/mol. The van der Waals surface area contributed by atoms with Crippen molar-refractivity contribution in [3.8, 4) is 0 Å². The molecule has 1 aromatic rings. The van der Waals surface area contributed by atoms with Gasteiger partial charge in [0.25, 0.3) is 0 Å². The summed E-state index contributed by atoms with van der Waals surface area (Å²) in [6.45, 7) is 5.47. The highest BCUT2D eigenvalue weighted by atomic mass is 32.2. The number of aromatic nitrogens is 1. The van der Waals surface area contributed by atoms with Crippen molar-refractivity contribution in [1.29, 1.82) is 0 Å².